The zero-order valence-corrected chi connectivity index (χ0v) is 10.4. The normalized spacial score (nSPS) is 10.9. The van der Waals surface area contributed by atoms with Gasteiger partial charge in [0.05, 0.1) is 0 Å². The molecule has 0 amide bonds. The molecule has 2 heteroatoms. The molecule has 0 heterocycles. The summed E-state index contributed by atoms with van der Waals surface area (Å²) in [7, 11) is 0. The van der Waals surface area contributed by atoms with E-state index in [0.717, 1.165) is 28.6 Å². The zero-order valence-electron chi connectivity index (χ0n) is 10.4. The number of fused-ring (bicyclic) bond motifs is 1. The minimum Gasteiger partial charge on any atom is -0.398 e. The molecular formula is C15H20N2. The lowest BCUT2D eigenvalue weighted by molar-refractivity contribution is 0.718. The summed E-state index contributed by atoms with van der Waals surface area (Å²) in [6, 6.07) is 10.2. The van der Waals surface area contributed by atoms with E-state index in [4.69, 9.17) is 11.5 Å². The van der Waals surface area contributed by atoms with Gasteiger partial charge >= 0.3 is 0 Å². The molecule has 17 heavy (non-hydrogen) atoms. The molecule has 0 fully saturated rings. The van der Waals surface area contributed by atoms with Gasteiger partial charge in [-0.3, -0.25) is 0 Å². The summed E-state index contributed by atoms with van der Waals surface area (Å²) in [6.45, 7) is 2.21. The molecule has 2 aromatic rings. The Morgan fingerprint density at radius 2 is 1.82 bits per heavy atom. The van der Waals surface area contributed by atoms with Crippen LogP contribution in [0.4, 0.5) is 11.4 Å². The van der Waals surface area contributed by atoms with Crippen LogP contribution >= 0.6 is 0 Å². The summed E-state index contributed by atoms with van der Waals surface area (Å²) in [5.74, 6) is 0. The molecule has 0 saturated heterocycles. The van der Waals surface area contributed by atoms with E-state index in [1.807, 2.05) is 12.1 Å². The summed E-state index contributed by atoms with van der Waals surface area (Å²) in [5.41, 5.74) is 15.1. The first-order valence-corrected chi connectivity index (χ1v) is 6.29. The van der Waals surface area contributed by atoms with Gasteiger partial charge < -0.3 is 11.5 Å². The maximum atomic E-state index is 6.22. The van der Waals surface area contributed by atoms with E-state index in [1.165, 1.54) is 24.8 Å². The van der Waals surface area contributed by atoms with Crippen LogP contribution in [-0.4, -0.2) is 0 Å². The van der Waals surface area contributed by atoms with Crippen LogP contribution in [-0.2, 0) is 6.42 Å². The standard InChI is InChI=1S/C15H20N2/c1-2-3-4-6-12-10-9-11-7-5-8-13(16)14(11)15(12)17/h5,7-10H,2-4,6,16-17H2,1H3. The number of nitrogens with two attached hydrogens (primary N) is 2. The number of unbranched alkanes of at least 4 members (excludes halogenated alkanes) is 2. The van der Waals surface area contributed by atoms with Gasteiger partial charge in [0, 0.05) is 16.8 Å². The van der Waals surface area contributed by atoms with Crippen molar-refractivity contribution >= 4 is 22.1 Å². The minimum absolute atomic E-state index is 0.775. The number of hydrogen-bond donors (Lipinski definition) is 2. The molecule has 0 aliphatic carbocycles. The first-order chi connectivity index (χ1) is 8.24. The van der Waals surface area contributed by atoms with Crippen molar-refractivity contribution in [2.45, 2.75) is 32.6 Å². The first-order valence-electron chi connectivity index (χ1n) is 6.29. The Hall–Kier alpha value is -1.70. The van der Waals surface area contributed by atoms with E-state index in [-0.39, 0.29) is 0 Å². The molecule has 90 valence electrons. The van der Waals surface area contributed by atoms with Gasteiger partial charge in [-0.15, -0.1) is 0 Å². The largest absolute Gasteiger partial charge is 0.398 e. The molecule has 0 aliphatic heterocycles. The van der Waals surface area contributed by atoms with Crippen LogP contribution in [0.3, 0.4) is 0 Å². The minimum atomic E-state index is 0.775. The van der Waals surface area contributed by atoms with Crippen molar-refractivity contribution in [1.29, 1.82) is 0 Å². The third-order valence-corrected chi connectivity index (χ3v) is 3.26. The third-order valence-electron chi connectivity index (χ3n) is 3.26. The molecular weight excluding hydrogens is 208 g/mol. The van der Waals surface area contributed by atoms with Gasteiger partial charge in [0.2, 0.25) is 0 Å². The van der Waals surface area contributed by atoms with Gasteiger partial charge in [-0.05, 0) is 29.9 Å². The van der Waals surface area contributed by atoms with Gasteiger partial charge in [-0.2, -0.15) is 0 Å². The fourth-order valence-corrected chi connectivity index (χ4v) is 2.26. The van der Waals surface area contributed by atoms with E-state index in [9.17, 15) is 0 Å². The zero-order chi connectivity index (χ0) is 12.3. The molecule has 4 N–H and O–H groups in total. The van der Waals surface area contributed by atoms with E-state index in [2.05, 4.69) is 25.1 Å². The van der Waals surface area contributed by atoms with Crippen molar-refractivity contribution in [2.75, 3.05) is 11.5 Å². The van der Waals surface area contributed by atoms with Crippen LogP contribution in [0.1, 0.15) is 31.7 Å². The fourth-order valence-electron chi connectivity index (χ4n) is 2.26. The maximum Gasteiger partial charge on any atom is 0.0447 e. The second-order valence-electron chi connectivity index (χ2n) is 4.54. The van der Waals surface area contributed by atoms with Crippen LogP contribution in [0.25, 0.3) is 10.8 Å². The molecule has 0 aliphatic rings. The average molecular weight is 228 g/mol. The molecule has 0 saturated carbocycles. The van der Waals surface area contributed by atoms with Gasteiger partial charge in [-0.1, -0.05) is 44.0 Å². The van der Waals surface area contributed by atoms with Crippen LogP contribution in [0.2, 0.25) is 0 Å². The predicted octanol–water partition coefficient (Wildman–Crippen LogP) is 3.74. The smallest absolute Gasteiger partial charge is 0.0447 e. The van der Waals surface area contributed by atoms with Crippen LogP contribution in [0.5, 0.6) is 0 Å². The number of aryl methyl sites for hydroxylation is 1. The number of benzene rings is 2. The molecule has 0 unspecified atom stereocenters. The third kappa shape index (κ3) is 2.36. The number of hydrogen-bond acceptors (Lipinski definition) is 2. The van der Waals surface area contributed by atoms with Gasteiger partial charge in [0.1, 0.15) is 0 Å². The van der Waals surface area contributed by atoms with Crippen LogP contribution in [0, 0.1) is 0 Å². The Kier molecular flexibility index (Phi) is 3.52. The van der Waals surface area contributed by atoms with E-state index >= 15 is 0 Å². The molecule has 2 aromatic carbocycles. The lowest BCUT2D eigenvalue weighted by Gasteiger charge is -2.10. The SMILES string of the molecule is CCCCCc1ccc2cccc(N)c2c1N. The van der Waals surface area contributed by atoms with Crippen molar-refractivity contribution in [1.82, 2.24) is 0 Å². The Labute approximate surface area is 103 Å². The highest BCUT2D eigenvalue weighted by Gasteiger charge is 2.06. The summed E-state index contributed by atoms with van der Waals surface area (Å²) >= 11 is 0. The second-order valence-corrected chi connectivity index (χ2v) is 4.54. The second kappa shape index (κ2) is 5.09. The topological polar surface area (TPSA) is 52.0 Å². The van der Waals surface area contributed by atoms with E-state index < -0.39 is 0 Å². The fraction of sp³-hybridized carbons (Fsp3) is 0.333. The molecule has 0 radical (unpaired) electrons. The summed E-state index contributed by atoms with van der Waals surface area (Å²) < 4.78 is 0. The molecule has 2 nitrogen and oxygen atoms in total. The number of rotatable bonds is 4. The molecule has 0 atom stereocenters. The van der Waals surface area contributed by atoms with E-state index in [1.54, 1.807) is 0 Å². The van der Waals surface area contributed by atoms with E-state index in [0.29, 0.717) is 0 Å². The highest BCUT2D eigenvalue weighted by atomic mass is 14.6. The van der Waals surface area contributed by atoms with Crippen LogP contribution < -0.4 is 11.5 Å². The van der Waals surface area contributed by atoms with Crippen molar-refractivity contribution in [3.05, 3.63) is 35.9 Å². The molecule has 2 rings (SSSR count). The average Bonchev–Trinajstić information content (AvgIpc) is 2.32. The number of anilines is 2. The lowest BCUT2D eigenvalue weighted by Crippen LogP contribution is -1.98. The Morgan fingerprint density at radius 1 is 1.00 bits per heavy atom. The van der Waals surface area contributed by atoms with Gasteiger partial charge in [-0.25, -0.2) is 0 Å². The maximum absolute atomic E-state index is 6.22. The van der Waals surface area contributed by atoms with Crippen LogP contribution in [0.15, 0.2) is 30.3 Å². The summed E-state index contributed by atoms with van der Waals surface area (Å²) in [6.07, 6.45) is 4.72. The molecule has 0 spiro atoms. The van der Waals surface area contributed by atoms with Gasteiger partial charge in [0.25, 0.3) is 0 Å². The van der Waals surface area contributed by atoms with Crippen molar-refractivity contribution in [2.24, 2.45) is 0 Å². The number of nitrogen functional groups attached to an aromatic ring is 2. The van der Waals surface area contributed by atoms with Crippen molar-refractivity contribution < 1.29 is 0 Å². The highest BCUT2D eigenvalue weighted by Crippen LogP contribution is 2.30. The predicted molar refractivity (Wildman–Crippen MR) is 76.0 cm³/mol. The van der Waals surface area contributed by atoms with Crippen molar-refractivity contribution in [3.8, 4) is 0 Å². The highest BCUT2D eigenvalue weighted by molar-refractivity contribution is 6.02. The summed E-state index contributed by atoms with van der Waals surface area (Å²) in [5, 5.41) is 2.14. The molecule has 0 aromatic heterocycles. The Morgan fingerprint density at radius 3 is 2.59 bits per heavy atom. The lowest BCUT2D eigenvalue weighted by atomic mass is 9.99. The quantitative estimate of drug-likeness (QED) is 0.618. The Bertz CT molecular complexity index is 518. The van der Waals surface area contributed by atoms with Crippen molar-refractivity contribution in [3.63, 3.8) is 0 Å². The molecule has 0 bridgehead atoms. The Balaban J connectivity index is 2.39. The van der Waals surface area contributed by atoms with Gasteiger partial charge in [0.15, 0.2) is 0 Å². The first kappa shape index (κ1) is 11.8. The summed E-state index contributed by atoms with van der Waals surface area (Å²) in [4.78, 5) is 0. The monoisotopic (exact) mass is 228 g/mol.